The van der Waals surface area contributed by atoms with Crippen LogP contribution in [0, 0.1) is 18.8 Å². The molecule has 2 N–H and O–H groups in total. The zero-order valence-electron chi connectivity index (χ0n) is 21.7. The lowest BCUT2D eigenvalue weighted by Gasteiger charge is -2.32. The number of carbonyl (C=O) groups is 2. The summed E-state index contributed by atoms with van der Waals surface area (Å²) in [4.78, 5) is 34.0. The molecule has 3 heterocycles. The summed E-state index contributed by atoms with van der Waals surface area (Å²) in [6.07, 6.45) is 4.87. The number of hydrogen-bond donors (Lipinski definition) is 2. The monoisotopic (exact) mass is 489 g/mol. The molecule has 0 saturated carbocycles. The standard InChI is InChI=1S/C28H35N5O3/c1-17(2)13-22-16-31-32-26(22)33(28(35)23-7-6-11-29-19(23)5)25(27(34)30-15-18(3)4)21-8-9-24-20(14-21)10-12-36-24/h6-9,11,14,16-18,25H,10,12-13,15H2,1-5H3,(H,30,34)(H,31,32). The summed E-state index contributed by atoms with van der Waals surface area (Å²) < 4.78 is 5.70. The molecule has 4 rings (SSSR count). The number of aromatic amines is 1. The minimum Gasteiger partial charge on any atom is -0.493 e. The van der Waals surface area contributed by atoms with Crippen molar-refractivity contribution in [2.75, 3.05) is 18.1 Å². The predicted octanol–water partition coefficient (Wildman–Crippen LogP) is 4.41. The number of benzene rings is 1. The molecule has 190 valence electrons. The minimum atomic E-state index is -0.909. The van der Waals surface area contributed by atoms with Crippen LogP contribution in [-0.2, 0) is 17.6 Å². The Morgan fingerprint density at radius 3 is 2.69 bits per heavy atom. The van der Waals surface area contributed by atoms with Gasteiger partial charge in [0.25, 0.3) is 5.91 Å². The Balaban J connectivity index is 1.88. The van der Waals surface area contributed by atoms with E-state index in [1.54, 1.807) is 36.4 Å². The maximum Gasteiger partial charge on any atom is 0.262 e. The average molecular weight is 490 g/mol. The number of nitrogens with one attached hydrogen (secondary N) is 2. The van der Waals surface area contributed by atoms with Gasteiger partial charge < -0.3 is 10.1 Å². The lowest BCUT2D eigenvalue weighted by Crippen LogP contribution is -2.45. The van der Waals surface area contributed by atoms with Crippen molar-refractivity contribution < 1.29 is 14.3 Å². The summed E-state index contributed by atoms with van der Waals surface area (Å²) in [6.45, 7) is 11.2. The number of hydrogen-bond acceptors (Lipinski definition) is 5. The second kappa shape index (κ2) is 10.9. The molecule has 0 bridgehead atoms. The lowest BCUT2D eigenvalue weighted by atomic mass is 9.97. The van der Waals surface area contributed by atoms with Crippen LogP contribution in [-0.4, -0.2) is 40.1 Å². The average Bonchev–Trinajstić information content (AvgIpc) is 3.49. The zero-order chi connectivity index (χ0) is 25.8. The van der Waals surface area contributed by atoms with Gasteiger partial charge in [0.05, 0.1) is 18.4 Å². The summed E-state index contributed by atoms with van der Waals surface area (Å²) in [7, 11) is 0. The largest absolute Gasteiger partial charge is 0.493 e. The molecule has 2 amide bonds. The highest BCUT2D eigenvalue weighted by molar-refractivity contribution is 6.10. The summed E-state index contributed by atoms with van der Waals surface area (Å²) in [5.74, 6) is 1.39. The Morgan fingerprint density at radius 2 is 1.97 bits per heavy atom. The normalized spacial score (nSPS) is 13.4. The van der Waals surface area contributed by atoms with Crippen LogP contribution >= 0.6 is 0 Å². The van der Waals surface area contributed by atoms with Crippen LogP contribution in [0.25, 0.3) is 0 Å². The highest BCUT2D eigenvalue weighted by atomic mass is 16.5. The smallest absolute Gasteiger partial charge is 0.262 e. The third kappa shape index (κ3) is 5.42. The number of aromatic nitrogens is 3. The molecule has 0 spiro atoms. The molecule has 3 aromatic rings. The Bertz CT molecular complexity index is 1230. The van der Waals surface area contributed by atoms with Crippen molar-refractivity contribution in [1.82, 2.24) is 20.5 Å². The van der Waals surface area contributed by atoms with Crippen molar-refractivity contribution in [3.63, 3.8) is 0 Å². The fourth-order valence-corrected chi connectivity index (χ4v) is 4.49. The number of amides is 2. The van der Waals surface area contributed by atoms with Gasteiger partial charge in [-0.2, -0.15) is 5.10 Å². The summed E-state index contributed by atoms with van der Waals surface area (Å²) in [5.41, 5.74) is 3.67. The molecular formula is C28H35N5O3. The van der Waals surface area contributed by atoms with Gasteiger partial charge in [-0.1, -0.05) is 33.8 Å². The molecule has 0 saturated heterocycles. The van der Waals surface area contributed by atoms with E-state index < -0.39 is 6.04 Å². The lowest BCUT2D eigenvalue weighted by molar-refractivity contribution is -0.122. The molecule has 0 radical (unpaired) electrons. The number of ether oxygens (including phenoxy) is 1. The predicted molar refractivity (Wildman–Crippen MR) is 139 cm³/mol. The summed E-state index contributed by atoms with van der Waals surface area (Å²) >= 11 is 0. The third-order valence-corrected chi connectivity index (χ3v) is 6.24. The first-order chi connectivity index (χ1) is 17.3. The van der Waals surface area contributed by atoms with Crippen molar-refractivity contribution in [2.45, 2.75) is 53.5 Å². The Hall–Kier alpha value is -3.68. The molecular weight excluding hydrogens is 454 g/mol. The first-order valence-corrected chi connectivity index (χ1v) is 12.6. The number of rotatable bonds is 9. The highest BCUT2D eigenvalue weighted by Gasteiger charge is 2.37. The van der Waals surface area contributed by atoms with Crippen LogP contribution in [0.15, 0.2) is 42.7 Å². The van der Waals surface area contributed by atoms with Gasteiger partial charge >= 0.3 is 0 Å². The maximum absolute atomic E-state index is 14.2. The van der Waals surface area contributed by atoms with Crippen LogP contribution < -0.4 is 15.0 Å². The summed E-state index contributed by atoms with van der Waals surface area (Å²) in [6, 6.07) is 8.32. The van der Waals surface area contributed by atoms with Crippen molar-refractivity contribution in [3.8, 4) is 5.75 Å². The van der Waals surface area contributed by atoms with Gasteiger partial charge in [-0.05, 0) is 60.6 Å². The van der Waals surface area contributed by atoms with E-state index in [2.05, 4.69) is 34.3 Å². The van der Waals surface area contributed by atoms with E-state index in [-0.39, 0.29) is 17.7 Å². The summed E-state index contributed by atoms with van der Waals surface area (Å²) in [5, 5.41) is 10.4. The molecule has 8 heteroatoms. The van der Waals surface area contributed by atoms with Gasteiger partial charge in [0, 0.05) is 30.4 Å². The van der Waals surface area contributed by atoms with Crippen molar-refractivity contribution in [2.24, 2.45) is 11.8 Å². The quantitative estimate of drug-likeness (QED) is 0.464. The van der Waals surface area contributed by atoms with E-state index in [1.165, 1.54) is 0 Å². The zero-order valence-corrected chi connectivity index (χ0v) is 21.7. The van der Waals surface area contributed by atoms with Crippen LogP contribution in [0.1, 0.15) is 66.5 Å². The van der Waals surface area contributed by atoms with E-state index in [4.69, 9.17) is 4.74 Å². The molecule has 1 aliphatic rings. The first kappa shape index (κ1) is 25.4. The fraction of sp³-hybridized carbons (Fsp3) is 0.429. The Morgan fingerprint density at radius 1 is 1.17 bits per heavy atom. The van der Waals surface area contributed by atoms with Crippen molar-refractivity contribution in [1.29, 1.82) is 0 Å². The van der Waals surface area contributed by atoms with Gasteiger partial charge in [0.2, 0.25) is 5.91 Å². The highest BCUT2D eigenvalue weighted by Crippen LogP contribution is 2.35. The van der Waals surface area contributed by atoms with E-state index in [1.807, 2.05) is 32.0 Å². The van der Waals surface area contributed by atoms with Crippen LogP contribution in [0.3, 0.4) is 0 Å². The van der Waals surface area contributed by atoms with Gasteiger partial charge in [-0.15, -0.1) is 0 Å². The molecule has 0 aliphatic carbocycles. The van der Waals surface area contributed by atoms with Gasteiger partial charge in [-0.3, -0.25) is 24.6 Å². The molecule has 8 nitrogen and oxygen atoms in total. The van der Waals surface area contributed by atoms with Gasteiger partial charge in [-0.25, -0.2) is 0 Å². The van der Waals surface area contributed by atoms with E-state index in [9.17, 15) is 9.59 Å². The minimum absolute atomic E-state index is 0.248. The molecule has 2 aromatic heterocycles. The maximum atomic E-state index is 14.2. The number of anilines is 1. The molecule has 1 aromatic carbocycles. The number of aryl methyl sites for hydroxylation is 1. The van der Waals surface area contributed by atoms with Crippen LogP contribution in [0.2, 0.25) is 0 Å². The van der Waals surface area contributed by atoms with Crippen molar-refractivity contribution in [3.05, 3.63) is 70.7 Å². The molecule has 1 unspecified atom stereocenters. The molecule has 0 fully saturated rings. The number of fused-ring (bicyclic) bond motifs is 1. The van der Waals surface area contributed by atoms with Crippen LogP contribution in [0.4, 0.5) is 5.82 Å². The Labute approximate surface area is 212 Å². The van der Waals surface area contributed by atoms with Gasteiger partial charge in [0.1, 0.15) is 17.6 Å². The first-order valence-electron chi connectivity index (χ1n) is 12.6. The van der Waals surface area contributed by atoms with E-state index in [0.29, 0.717) is 42.6 Å². The number of pyridine rings is 1. The van der Waals surface area contributed by atoms with E-state index >= 15 is 0 Å². The molecule has 1 aliphatic heterocycles. The Kier molecular flexibility index (Phi) is 7.72. The third-order valence-electron chi connectivity index (χ3n) is 6.24. The second-order valence-electron chi connectivity index (χ2n) is 10.2. The van der Waals surface area contributed by atoms with Crippen LogP contribution in [0.5, 0.6) is 5.75 Å². The second-order valence-corrected chi connectivity index (χ2v) is 10.2. The number of carbonyl (C=O) groups excluding carboxylic acids is 2. The number of H-pyrrole nitrogens is 1. The molecule has 36 heavy (non-hydrogen) atoms. The fourth-order valence-electron chi connectivity index (χ4n) is 4.49. The van der Waals surface area contributed by atoms with E-state index in [0.717, 1.165) is 28.9 Å². The number of nitrogens with zero attached hydrogens (tertiary/aromatic N) is 3. The van der Waals surface area contributed by atoms with Crippen molar-refractivity contribution >= 4 is 17.6 Å². The molecule has 1 atom stereocenters. The van der Waals surface area contributed by atoms with Gasteiger partial charge in [0.15, 0.2) is 0 Å². The SMILES string of the molecule is Cc1ncccc1C(=O)N(c1[nH]ncc1CC(C)C)C(C(=O)NCC(C)C)c1ccc2c(c1)CCO2. The topological polar surface area (TPSA) is 100 Å².